The topological polar surface area (TPSA) is 59.0 Å². The zero-order chi connectivity index (χ0) is 20.2. The van der Waals surface area contributed by atoms with Gasteiger partial charge in [0.1, 0.15) is 5.82 Å². The van der Waals surface area contributed by atoms with Crippen molar-refractivity contribution in [2.24, 2.45) is 7.05 Å². The van der Waals surface area contributed by atoms with Crippen LogP contribution in [0.1, 0.15) is 11.4 Å². The first-order valence-corrected chi connectivity index (χ1v) is 9.79. The minimum absolute atomic E-state index is 0.292. The van der Waals surface area contributed by atoms with Gasteiger partial charge < -0.3 is 15.2 Å². The van der Waals surface area contributed by atoms with Gasteiger partial charge in [-0.15, -0.1) is 0 Å². The van der Waals surface area contributed by atoms with Crippen LogP contribution in [0.25, 0.3) is 11.0 Å². The van der Waals surface area contributed by atoms with Crippen LogP contribution in [0.2, 0.25) is 5.02 Å². The van der Waals surface area contributed by atoms with Gasteiger partial charge in [-0.3, -0.25) is 0 Å². The SMILES string of the molecule is Cn1c(CCc2ccc(NC(=O)Nc3ccc(Cl)cc3)cc2)nc2ccccc21. The van der Waals surface area contributed by atoms with Crippen LogP contribution in [-0.4, -0.2) is 15.6 Å². The first-order chi connectivity index (χ1) is 14.1. The molecule has 0 unspecified atom stereocenters. The third-order valence-electron chi connectivity index (χ3n) is 4.83. The van der Waals surface area contributed by atoms with E-state index in [4.69, 9.17) is 16.6 Å². The number of hydrogen-bond donors (Lipinski definition) is 2. The molecule has 3 aromatic carbocycles. The number of benzene rings is 3. The van der Waals surface area contributed by atoms with Gasteiger partial charge in [0.15, 0.2) is 0 Å². The Labute approximate surface area is 174 Å². The Hall–Kier alpha value is -3.31. The second-order valence-electron chi connectivity index (χ2n) is 6.86. The molecule has 0 aliphatic heterocycles. The highest BCUT2D eigenvalue weighted by Gasteiger charge is 2.08. The largest absolute Gasteiger partial charge is 0.331 e. The molecular formula is C23H21ClN4O. The van der Waals surface area contributed by atoms with Crippen LogP contribution in [0.5, 0.6) is 0 Å². The van der Waals surface area contributed by atoms with E-state index in [0.29, 0.717) is 10.7 Å². The molecule has 5 nitrogen and oxygen atoms in total. The molecule has 0 bridgehead atoms. The molecule has 2 N–H and O–H groups in total. The van der Waals surface area contributed by atoms with E-state index in [2.05, 4.69) is 28.3 Å². The minimum atomic E-state index is -0.292. The number of carbonyl (C=O) groups excluding carboxylic acids is 1. The summed E-state index contributed by atoms with van der Waals surface area (Å²) in [6.07, 6.45) is 1.74. The molecule has 146 valence electrons. The van der Waals surface area contributed by atoms with E-state index >= 15 is 0 Å². The molecule has 0 saturated heterocycles. The number of fused-ring (bicyclic) bond motifs is 1. The van der Waals surface area contributed by atoms with E-state index < -0.39 is 0 Å². The lowest BCUT2D eigenvalue weighted by Gasteiger charge is -2.09. The Balaban J connectivity index is 1.34. The highest BCUT2D eigenvalue weighted by atomic mass is 35.5. The lowest BCUT2D eigenvalue weighted by Crippen LogP contribution is -2.19. The number of imidazole rings is 1. The normalized spacial score (nSPS) is 10.8. The lowest BCUT2D eigenvalue weighted by atomic mass is 10.1. The predicted octanol–water partition coefficient (Wildman–Crippen LogP) is 5.66. The quantitative estimate of drug-likeness (QED) is 0.451. The van der Waals surface area contributed by atoms with Crippen molar-refractivity contribution in [3.05, 3.63) is 89.2 Å². The summed E-state index contributed by atoms with van der Waals surface area (Å²) in [6.45, 7) is 0. The number of rotatable bonds is 5. The molecule has 6 heteroatoms. The van der Waals surface area contributed by atoms with Gasteiger partial charge in [0.25, 0.3) is 0 Å². The standard InChI is InChI=1S/C23H21ClN4O/c1-28-21-5-3-2-4-20(21)27-22(28)15-8-16-6-11-18(12-7-16)25-23(29)26-19-13-9-17(24)10-14-19/h2-7,9-14H,8,15H2,1H3,(H2,25,26,29). The highest BCUT2D eigenvalue weighted by molar-refractivity contribution is 6.30. The average molecular weight is 405 g/mol. The first kappa shape index (κ1) is 19.0. The number of nitrogens with zero attached hydrogens (tertiary/aromatic N) is 2. The molecular weight excluding hydrogens is 384 g/mol. The molecule has 4 aromatic rings. The fourth-order valence-corrected chi connectivity index (χ4v) is 3.38. The Morgan fingerprint density at radius 1 is 0.897 bits per heavy atom. The zero-order valence-corrected chi connectivity index (χ0v) is 16.8. The van der Waals surface area contributed by atoms with E-state index in [0.717, 1.165) is 35.4 Å². The van der Waals surface area contributed by atoms with Crippen LogP contribution >= 0.6 is 11.6 Å². The van der Waals surface area contributed by atoms with Crippen molar-refractivity contribution in [2.75, 3.05) is 10.6 Å². The van der Waals surface area contributed by atoms with Gasteiger partial charge in [-0.1, -0.05) is 35.9 Å². The Morgan fingerprint density at radius 2 is 1.52 bits per heavy atom. The third kappa shape index (κ3) is 4.58. The number of para-hydroxylation sites is 2. The number of aromatic nitrogens is 2. The molecule has 1 aromatic heterocycles. The third-order valence-corrected chi connectivity index (χ3v) is 5.08. The molecule has 0 fully saturated rings. The summed E-state index contributed by atoms with van der Waals surface area (Å²) < 4.78 is 2.15. The number of hydrogen-bond acceptors (Lipinski definition) is 2. The first-order valence-electron chi connectivity index (χ1n) is 9.41. The summed E-state index contributed by atoms with van der Waals surface area (Å²) in [7, 11) is 2.05. The van der Waals surface area contributed by atoms with Crippen molar-refractivity contribution in [2.45, 2.75) is 12.8 Å². The summed E-state index contributed by atoms with van der Waals surface area (Å²) in [5.74, 6) is 1.07. The fourth-order valence-electron chi connectivity index (χ4n) is 3.26. The average Bonchev–Trinajstić information content (AvgIpc) is 3.05. The van der Waals surface area contributed by atoms with Gasteiger partial charge in [0.05, 0.1) is 11.0 Å². The maximum atomic E-state index is 12.1. The molecule has 0 aliphatic carbocycles. The molecule has 0 aliphatic rings. The van der Waals surface area contributed by atoms with Crippen molar-refractivity contribution >= 4 is 40.0 Å². The molecule has 0 spiro atoms. The molecule has 0 atom stereocenters. The molecule has 2 amide bonds. The molecule has 1 heterocycles. The van der Waals surface area contributed by atoms with Gasteiger partial charge in [0.2, 0.25) is 0 Å². The van der Waals surface area contributed by atoms with Gasteiger partial charge >= 0.3 is 6.03 Å². The lowest BCUT2D eigenvalue weighted by molar-refractivity contribution is 0.262. The van der Waals surface area contributed by atoms with Crippen molar-refractivity contribution in [3.8, 4) is 0 Å². The van der Waals surface area contributed by atoms with Gasteiger partial charge in [-0.2, -0.15) is 0 Å². The number of anilines is 2. The van der Waals surface area contributed by atoms with Crippen molar-refractivity contribution < 1.29 is 4.79 Å². The molecule has 29 heavy (non-hydrogen) atoms. The summed E-state index contributed by atoms with van der Waals surface area (Å²) in [5, 5.41) is 6.24. The van der Waals surface area contributed by atoms with E-state index in [9.17, 15) is 4.79 Å². The van der Waals surface area contributed by atoms with E-state index in [1.165, 1.54) is 5.56 Å². The van der Waals surface area contributed by atoms with E-state index in [-0.39, 0.29) is 6.03 Å². The molecule has 0 saturated carbocycles. The Morgan fingerprint density at radius 3 is 2.17 bits per heavy atom. The number of halogens is 1. The summed E-state index contributed by atoms with van der Waals surface area (Å²) in [6, 6.07) is 22.7. The second-order valence-corrected chi connectivity index (χ2v) is 7.30. The number of nitrogens with one attached hydrogen (secondary N) is 2. The van der Waals surface area contributed by atoms with Crippen molar-refractivity contribution in [1.82, 2.24) is 9.55 Å². The van der Waals surface area contributed by atoms with Crippen molar-refractivity contribution in [1.29, 1.82) is 0 Å². The van der Waals surface area contributed by atoms with Gasteiger partial charge in [-0.05, 0) is 60.5 Å². The fraction of sp³-hybridized carbons (Fsp3) is 0.130. The van der Waals surface area contributed by atoms with Crippen LogP contribution in [0.3, 0.4) is 0 Å². The summed E-state index contributed by atoms with van der Waals surface area (Å²) >= 11 is 5.85. The number of carbonyl (C=O) groups is 1. The highest BCUT2D eigenvalue weighted by Crippen LogP contribution is 2.17. The van der Waals surface area contributed by atoms with E-state index in [1.807, 2.05) is 42.5 Å². The summed E-state index contributed by atoms with van der Waals surface area (Å²) in [5.41, 5.74) is 4.79. The minimum Gasteiger partial charge on any atom is -0.331 e. The van der Waals surface area contributed by atoms with Crippen molar-refractivity contribution in [3.63, 3.8) is 0 Å². The van der Waals surface area contributed by atoms with Crippen LogP contribution in [0.15, 0.2) is 72.8 Å². The van der Waals surface area contributed by atoms with Gasteiger partial charge in [0, 0.05) is 29.9 Å². The maximum Gasteiger partial charge on any atom is 0.323 e. The Kier molecular flexibility index (Phi) is 5.49. The van der Waals surface area contributed by atoms with Crippen LogP contribution in [0, 0.1) is 0 Å². The Bertz CT molecular complexity index is 1130. The maximum absolute atomic E-state index is 12.1. The number of urea groups is 1. The van der Waals surface area contributed by atoms with Crippen LogP contribution in [0.4, 0.5) is 16.2 Å². The molecule has 0 radical (unpaired) electrons. The van der Waals surface area contributed by atoms with E-state index in [1.54, 1.807) is 24.3 Å². The second kappa shape index (κ2) is 8.37. The summed E-state index contributed by atoms with van der Waals surface area (Å²) in [4.78, 5) is 16.8. The van der Waals surface area contributed by atoms with Gasteiger partial charge in [-0.25, -0.2) is 9.78 Å². The van der Waals surface area contributed by atoms with Crippen LogP contribution in [-0.2, 0) is 19.9 Å². The molecule has 4 rings (SSSR count). The zero-order valence-electron chi connectivity index (χ0n) is 16.0. The number of aryl methyl sites for hydroxylation is 3. The number of amides is 2. The monoisotopic (exact) mass is 404 g/mol. The van der Waals surface area contributed by atoms with Crippen LogP contribution < -0.4 is 10.6 Å². The predicted molar refractivity (Wildman–Crippen MR) is 119 cm³/mol. The smallest absolute Gasteiger partial charge is 0.323 e.